The molecule has 0 saturated carbocycles. The molecular formula is C28H29F4NO4. The van der Waals surface area contributed by atoms with Crippen LogP contribution in [0, 0.1) is 5.82 Å². The number of rotatable bonds is 12. The van der Waals surface area contributed by atoms with Crippen LogP contribution in [0.15, 0.2) is 60.7 Å². The summed E-state index contributed by atoms with van der Waals surface area (Å²) in [7, 11) is 1.60. The van der Waals surface area contributed by atoms with Gasteiger partial charge in [0, 0.05) is 12.5 Å². The lowest BCUT2D eigenvalue weighted by atomic mass is 9.98. The first-order chi connectivity index (χ1) is 17.6. The number of hydrogen-bond donors (Lipinski definition) is 2. The van der Waals surface area contributed by atoms with Gasteiger partial charge in [0.05, 0.1) is 19.3 Å². The van der Waals surface area contributed by atoms with E-state index in [-0.39, 0.29) is 42.4 Å². The van der Waals surface area contributed by atoms with E-state index in [0.29, 0.717) is 18.5 Å². The van der Waals surface area contributed by atoms with Gasteiger partial charge in [-0.1, -0.05) is 18.2 Å². The molecule has 2 N–H and O–H groups in total. The molecule has 0 bridgehead atoms. The fourth-order valence-electron chi connectivity index (χ4n) is 3.81. The number of aliphatic carboxylic acids is 1. The molecule has 0 saturated heterocycles. The van der Waals surface area contributed by atoms with Gasteiger partial charge in [-0.25, -0.2) is 4.39 Å². The molecule has 0 aliphatic carbocycles. The summed E-state index contributed by atoms with van der Waals surface area (Å²) in [5.41, 5.74) is 0.819. The number of ether oxygens (including phenoxy) is 2. The molecule has 3 aromatic rings. The zero-order valence-corrected chi connectivity index (χ0v) is 20.6. The van der Waals surface area contributed by atoms with E-state index in [4.69, 9.17) is 14.6 Å². The van der Waals surface area contributed by atoms with Crippen LogP contribution < -0.4 is 14.8 Å². The molecule has 0 heterocycles. The number of methoxy groups -OCH3 is 1. The molecule has 0 amide bonds. The molecule has 0 aliphatic rings. The monoisotopic (exact) mass is 519 g/mol. The zero-order chi connectivity index (χ0) is 27.0. The summed E-state index contributed by atoms with van der Waals surface area (Å²) in [6, 6.07) is 15.0. The molecule has 5 nitrogen and oxygen atoms in total. The second-order valence-electron chi connectivity index (χ2n) is 8.60. The Morgan fingerprint density at radius 3 is 2.51 bits per heavy atom. The molecule has 9 heteroatoms. The van der Waals surface area contributed by atoms with Gasteiger partial charge in [0.2, 0.25) is 0 Å². The fourth-order valence-corrected chi connectivity index (χ4v) is 3.81. The van der Waals surface area contributed by atoms with Crippen molar-refractivity contribution in [1.82, 2.24) is 5.32 Å². The number of carbonyl (C=O) groups is 1. The SMILES string of the molecule is COc1cccc(C(C)NCCCOc2cc(-c3ccc(F)c(CCC(=O)O)c3)cc(C(F)(F)F)c2)c1. The second kappa shape index (κ2) is 12.6. The van der Waals surface area contributed by atoms with Gasteiger partial charge in [0.15, 0.2) is 0 Å². The lowest BCUT2D eigenvalue weighted by Gasteiger charge is -2.16. The Morgan fingerprint density at radius 2 is 1.81 bits per heavy atom. The lowest BCUT2D eigenvalue weighted by Crippen LogP contribution is -2.21. The van der Waals surface area contributed by atoms with Gasteiger partial charge in [-0.3, -0.25) is 4.79 Å². The number of alkyl halides is 3. The minimum atomic E-state index is -4.60. The van der Waals surface area contributed by atoms with E-state index in [1.54, 1.807) is 7.11 Å². The van der Waals surface area contributed by atoms with E-state index in [9.17, 15) is 22.4 Å². The highest BCUT2D eigenvalue weighted by atomic mass is 19.4. The van der Waals surface area contributed by atoms with E-state index in [1.165, 1.54) is 18.2 Å². The molecule has 37 heavy (non-hydrogen) atoms. The number of carboxylic acids is 1. The highest BCUT2D eigenvalue weighted by Crippen LogP contribution is 2.36. The highest BCUT2D eigenvalue weighted by Gasteiger charge is 2.31. The van der Waals surface area contributed by atoms with E-state index >= 15 is 0 Å². The fraction of sp³-hybridized carbons (Fsp3) is 0.321. The number of carboxylic acid groups (broad SMARTS) is 1. The first-order valence-corrected chi connectivity index (χ1v) is 11.8. The predicted octanol–water partition coefficient (Wildman–Crippen LogP) is 6.66. The lowest BCUT2D eigenvalue weighted by molar-refractivity contribution is -0.138. The van der Waals surface area contributed by atoms with Crippen LogP contribution in [0.25, 0.3) is 11.1 Å². The maximum absolute atomic E-state index is 14.1. The van der Waals surface area contributed by atoms with Gasteiger partial charge < -0.3 is 19.9 Å². The molecule has 0 fully saturated rings. The van der Waals surface area contributed by atoms with Crippen molar-refractivity contribution in [3.63, 3.8) is 0 Å². The van der Waals surface area contributed by atoms with Crippen molar-refractivity contribution in [3.8, 4) is 22.6 Å². The third kappa shape index (κ3) is 8.21. The zero-order valence-electron chi connectivity index (χ0n) is 20.6. The van der Waals surface area contributed by atoms with Gasteiger partial charge in [-0.2, -0.15) is 13.2 Å². The topological polar surface area (TPSA) is 67.8 Å². The third-order valence-corrected chi connectivity index (χ3v) is 5.86. The Labute approximate surface area is 213 Å². The molecule has 1 unspecified atom stereocenters. The Hall–Kier alpha value is -3.59. The number of hydrogen-bond acceptors (Lipinski definition) is 4. The molecular weight excluding hydrogens is 490 g/mol. The summed E-state index contributed by atoms with van der Waals surface area (Å²) in [6.07, 6.45) is -4.41. The standard InChI is InChI=1S/C28H29F4NO4/c1-18(19-5-3-6-24(15-19)36-2)33-11-4-12-37-25-16-22(14-23(17-25)28(30,31)32)20-7-9-26(29)21(13-20)8-10-27(34)35/h3,5-7,9,13-18,33H,4,8,10-12H2,1-2H3,(H,34,35). The summed E-state index contributed by atoms with van der Waals surface area (Å²) < 4.78 is 65.7. The molecule has 0 aromatic heterocycles. The second-order valence-corrected chi connectivity index (χ2v) is 8.60. The van der Waals surface area contributed by atoms with Crippen LogP contribution in [0.2, 0.25) is 0 Å². The Balaban J connectivity index is 1.68. The van der Waals surface area contributed by atoms with Crippen LogP contribution in [0.3, 0.4) is 0 Å². The molecule has 0 spiro atoms. The smallest absolute Gasteiger partial charge is 0.416 e. The highest BCUT2D eigenvalue weighted by molar-refractivity contribution is 5.69. The summed E-state index contributed by atoms with van der Waals surface area (Å²) in [5, 5.41) is 12.2. The Bertz CT molecular complexity index is 1210. The molecule has 1 atom stereocenters. The maximum atomic E-state index is 14.1. The third-order valence-electron chi connectivity index (χ3n) is 5.86. The minimum absolute atomic E-state index is 0.0436. The van der Waals surface area contributed by atoms with E-state index < -0.39 is 23.5 Å². The van der Waals surface area contributed by atoms with Crippen LogP contribution in [-0.2, 0) is 17.4 Å². The summed E-state index contributed by atoms with van der Waals surface area (Å²) in [5.74, 6) is -0.900. The van der Waals surface area contributed by atoms with E-state index in [2.05, 4.69) is 5.32 Å². The van der Waals surface area contributed by atoms with E-state index in [0.717, 1.165) is 29.5 Å². The Morgan fingerprint density at radius 1 is 1.03 bits per heavy atom. The molecule has 198 valence electrons. The van der Waals surface area contributed by atoms with Gasteiger partial charge >= 0.3 is 12.1 Å². The molecule has 0 radical (unpaired) electrons. The number of aryl methyl sites for hydroxylation is 1. The molecule has 3 aromatic carbocycles. The maximum Gasteiger partial charge on any atom is 0.416 e. The summed E-state index contributed by atoms with van der Waals surface area (Å²) in [6.45, 7) is 2.77. The summed E-state index contributed by atoms with van der Waals surface area (Å²) >= 11 is 0. The van der Waals surface area contributed by atoms with Crippen molar-refractivity contribution < 1.29 is 36.9 Å². The first-order valence-electron chi connectivity index (χ1n) is 11.8. The average molecular weight is 520 g/mol. The first kappa shape index (κ1) is 28.0. The normalized spacial score (nSPS) is 12.3. The van der Waals surface area contributed by atoms with Crippen LogP contribution in [0.4, 0.5) is 17.6 Å². The van der Waals surface area contributed by atoms with Crippen molar-refractivity contribution in [1.29, 1.82) is 0 Å². The minimum Gasteiger partial charge on any atom is -0.497 e. The van der Waals surface area contributed by atoms with Crippen molar-refractivity contribution in [2.75, 3.05) is 20.3 Å². The van der Waals surface area contributed by atoms with Crippen molar-refractivity contribution >= 4 is 5.97 Å². The number of halogens is 4. The molecule has 3 rings (SSSR count). The van der Waals surface area contributed by atoms with Crippen molar-refractivity contribution in [2.24, 2.45) is 0 Å². The van der Waals surface area contributed by atoms with Crippen molar-refractivity contribution in [2.45, 2.75) is 38.4 Å². The number of benzene rings is 3. The van der Waals surface area contributed by atoms with Crippen LogP contribution >= 0.6 is 0 Å². The quantitative estimate of drug-likeness (QED) is 0.207. The Kier molecular flexibility index (Phi) is 9.52. The van der Waals surface area contributed by atoms with Crippen molar-refractivity contribution in [3.05, 3.63) is 83.2 Å². The average Bonchev–Trinajstić information content (AvgIpc) is 2.87. The van der Waals surface area contributed by atoms with Gasteiger partial charge in [-0.05, 0) is 91.0 Å². The number of nitrogens with one attached hydrogen (secondary N) is 1. The van der Waals surface area contributed by atoms with Crippen LogP contribution in [0.1, 0.15) is 42.5 Å². The molecule has 0 aliphatic heterocycles. The van der Waals surface area contributed by atoms with Gasteiger partial charge in [-0.15, -0.1) is 0 Å². The predicted molar refractivity (Wildman–Crippen MR) is 132 cm³/mol. The van der Waals surface area contributed by atoms with Gasteiger partial charge in [0.25, 0.3) is 0 Å². The van der Waals surface area contributed by atoms with E-state index in [1.807, 2.05) is 31.2 Å². The van der Waals surface area contributed by atoms with Gasteiger partial charge in [0.1, 0.15) is 17.3 Å². The summed E-state index contributed by atoms with van der Waals surface area (Å²) in [4.78, 5) is 10.8. The largest absolute Gasteiger partial charge is 0.497 e. The van der Waals surface area contributed by atoms with Crippen LogP contribution in [0.5, 0.6) is 11.5 Å². The van der Waals surface area contributed by atoms with Crippen LogP contribution in [-0.4, -0.2) is 31.3 Å².